The fourth-order valence-corrected chi connectivity index (χ4v) is 1.78. The van der Waals surface area contributed by atoms with E-state index in [9.17, 15) is 9.90 Å². The Kier molecular flexibility index (Phi) is 4.50. The molecule has 88 valence electrons. The first-order valence-corrected chi connectivity index (χ1v) is 5.23. The Morgan fingerprint density at radius 1 is 1.67 bits per heavy atom. The van der Waals surface area contributed by atoms with Gasteiger partial charge >= 0.3 is 0 Å². The van der Waals surface area contributed by atoms with Crippen molar-refractivity contribution in [3.63, 3.8) is 0 Å². The summed E-state index contributed by atoms with van der Waals surface area (Å²) < 4.78 is 4.84. The number of hydrogen-bond acceptors (Lipinski definition) is 4. The number of rotatable bonds is 5. The fourth-order valence-electron chi connectivity index (χ4n) is 1.78. The summed E-state index contributed by atoms with van der Waals surface area (Å²) in [6, 6.07) is 0. The SMILES string of the molecule is COCCC(=O)N(C)CC1(O)CCNC1. The van der Waals surface area contributed by atoms with Gasteiger partial charge < -0.3 is 20.1 Å². The van der Waals surface area contributed by atoms with Gasteiger partial charge in [0.15, 0.2) is 0 Å². The number of likely N-dealkylation sites (N-methyl/N-ethyl adjacent to an activating group) is 1. The molecule has 1 heterocycles. The Morgan fingerprint density at radius 3 is 2.93 bits per heavy atom. The number of amides is 1. The number of carbonyl (C=O) groups is 1. The van der Waals surface area contributed by atoms with Gasteiger partial charge in [-0.05, 0) is 13.0 Å². The van der Waals surface area contributed by atoms with Gasteiger partial charge in [-0.25, -0.2) is 0 Å². The Bertz CT molecular complexity index is 215. The number of aliphatic hydroxyl groups is 1. The van der Waals surface area contributed by atoms with Crippen molar-refractivity contribution < 1.29 is 14.6 Å². The topological polar surface area (TPSA) is 61.8 Å². The zero-order chi connectivity index (χ0) is 11.3. The maximum absolute atomic E-state index is 11.5. The molecule has 1 aliphatic rings. The molecular formula is C10H20N2O3. The molecule has 0 spiro atoms. The first-order chi connectivity index (χ1) is 7.07. The molecule has 0 radical (unpaired) electrons. The van der Waals surface area contributed by atoms with Crippen LogP contribution in [0.5, 0.6) is 0 Å². The third kappa shape index (κ3) is 3.77. The smallest absolute Gasteiger partial charge is 0.224 e. The largest absolute Gasteiger partial charge is 0.387 e. The maximum atomic E-state index is 11.5. The minimum absolute atomic E-state index is 0.0113. The van der Waals surface area contributed by atoms with E-state index in [1.165, 1.54) is 0 Å². The van der Waals surface area contributed by atoms with E-state index in [4.69, 9.17) is 4.74 Å². The highest BCUT2D eigenvalue weighted by Crippen LogP contribution is 2.15. The van der Waals surface area contributed by atoms with Crippen LogP contribution in [0.4, 0.5) is 0 Å². The molecule has 5 heteroatoms. The molecule has 0 aromatic carbocycles. The Balaban J connectivity index is 2.33. The zero-order valence-electron chi connectivity index (χ0n) is 9.45. The predicted octanol–water partition coefficient (Wildman–Crippen LogP) is -0.794. The van der Waals surface area contributed by atoms with E-state index in [0.717, 1.165) is 6.54 Å². The van der Waals surface area contributed by atoms with Crippen molar-refractivity contribution >= 4 is 5.91 Å². The van der Waals surface area contributed by atoms with Crippen LogP contribution in [0.15, 0.2) is 0 Å². The summed E-state index contributed by atoms with van der Waals surface area (Å²) >= 11 is 0. The highest BCUT2D eigenvalue weighted by Gasteiger charge is 2.33. The molecular weight excluding hydrogens is 196 g/mol. The summed E-state index contributed by atoms with van der Waals surface area (Å²) in [6.07, 6.45) is 1.07. The van der Waals surface area contributed by atoms with Crippen molar-refractivity contribution in [2.24, 2.45) is 0 Å². The number of nitrogens with zero attached hydrogens (tertiary/aromatic N) is 1. The van der Waals surface area contributed by atoms with E-state index in [1.54, 1.807) is 19.1 Å². The second-order valence-corrected chi connectivity index (χ2v) is 4.14. The Morgan fingerprint density at radius 2 is 2.40 bits per heavy atom. The van der Waals surface area contributed by atoms with Gasteiger partial charge in [0, 0.05) is 20.7 Å². The van der Waals surface area contributed by atoms with Crippen LogP contribution in [0.2, 0.25) is 0 Å². The van der Waals surface area contributed by atoms with Crippen LogP contribution in [0.3, 0.4) is 0 Å². The molecule has 1 aliphatic heterocycles. The van der Waals surface area contributed by atoms with Crippen molar-refractivity contribution in [3.05, 3.63) is 0 Å². The average molecular weight is 216 g/mol. The number of hydrogen-bond donors (Lipinski definition) is 2. The lowest BCUT2D eigenvalue weighted by Crippen LogP contribution is -2.45. The van der Waals surface area contributed by atoms with Gasteiger partial charge in [0.25, 0.3) is 0 Å². The summed E-state index contributed by atoms with van der Waals surface area (Å²) in [5.41, 5.74) is -0.752. The van der Waals surface area contributed by atoms with Crippen molar-refractivity contribution in [3.8, 4) is 0 Å². The van der Waals surface area contributed by atoms with Crippen molar-refractivity contribution in [1.82, 2.24) is 10.2 Å². The van der Waals surface area contributed by atoms with Gasteiger partial charge in [0.2, 0.25) is 5.91 Å². The third-order valence-corrected chi connectivity index (χ3v) is 2.70. The van der Waals surface area contributed by atoms with Crippen molar-refractivity contribution in [1.29, 1.82) is 0 Å². The van der Waals surface area contributed by atoms with E-state index >= 15 is 0 Å². The number of methoxy groups -OCH3 is 1. The van der Waals surface area contributed by atoms with E-state index < -0.39 is 5.60 Å². The third-order valence-electron chi connectivity index (χ3n) is 2.70. The van der Waals surface area contributed by atoms with Crippen LogP contribution >= 0.6 is 0 Å². The molecule has 1 rings (SSSR count). The molecule has 0 aromatic heterocycles. The average Bonchev–Trinajstić information content (AvgIpc) is 2.61. The van der Waals surface area contributed by atoms with Crippen molar-refractivity contribution in [2.75, 3.05) is 40.4 Å². The van der Waals surface area contributed by atoms with E-state index in [2.05, 4.69) is 5.32 Å². The maximum Gasteiger partial charge on any atom is 0.224 e. The normalized spacial score (nSPS) is 25.5. The van der Waals surface area contributed by atoms with Gasteiger partial charge in [-0.1, -0.05) is 0 Å². The second-order valence-electron chi connectivity index (χ2n) is 4.14. The van der Waals surface area contributed by atoms with Crippen LogP contribution in [-0.4, -0.2) is 61.9 Å². The highest BCUT2D eigenvalue weighted by atomic mass is 16.5. The van der Waals surface area contributed by atoms with Crippen LogP contribution in [0.1, 0.15) is 12.8 Å². The van der Waals surface area contributed by atoms with Gasteiger partial charge in [-0.15, -0.1) is 0 Å². The van der Waals surface area contributed by atoms with Gasteiger partial charge in [0.05, 0.1) is 25.2 Å². The Labute approximate surface area is 90.4 Å². The summed E-state index contributed by atoms with van der Waals surface area (Å²) in [7, 11) is 3.29. The lowest BCUT2D eigenvalue weighted by atomic mass is 10.0. The van der Waals surface area contributed by atoms with Crippen LogP contribution in [-0.2, 0) is 9.53 Å². The summed E-state index contributed by atoms with van der Waals surface area (Å²) in [4.78, 5) is 13.1. The fraction of sp³-hybridized carbons (Fsp3) is 0.900. The van der Waals surface area contributed by atoms with Crippen molar-refractivity contribution in [2.45, 2.75) is 18.4 Å². The first-order valence-electron chi connectivity index (χ1n) is 5.23. The van der Waals surface area contributed by atoms with Gasteiger partial charge in [-0.2, -0.15) is 0 Å². The molecule has 1 atom stereocenters. The lowest BCUT2D eigenvalue weighted by Gasteiger charge is -2.28. The standard InChI is InChI=1S/C10H20N2O3/c1-12(9(13)3-6-15-2)8-10(14)4-5-11-7-10/h11,14H,3-8H2,1-2H3. The molecule has 1 saturated heterocycles. The number of ether oxygens (including phenoxy) is 1. The van der Waals surface area contributed by atoms with E-state index in [1.807, 2.05) is 0 Å². The molecule has 2 N–H and O–H groups in total. The number of carbonyl (C=O) groups excluding carboxylic acids is 1. The first kappa shape index (κ1) is 12.4. The molecule has 0 saturated carbocycles. The van der Waals surface area contributed by atoms with Crippen LogP contribution in [0.25, 0.3) is 0 Å². The monoisotopic (exact) mass is 216 g/mol. The highest BCUT2D eigenvalue weighted by molar-refractivity contribution is 5.76. The van der Waals surface area contributed by atoms with Crippen LogP contribution < -0.4 is 5.32 Å². The molecule has 0 bridgehead atoms. The zero-order valence-corrected chi connectivity index (χ0v) is 9.45. The number of β-amino-alcohol motifs (C(OH)–C–C–N with tert-alkyl or cyclic N) is 1. The number of nitrogens with one attached hydrogen (secondary N) is 1. The van der Waals surface area contributed by atoms with Crippen LogP contribution in [0, 0.1) is 0 Å². The Hall–Kier alpha value is -0.650. The second kappa shape index (κ2) is 5.44. The lowest BCUT2D eigenvalue weighted by molar-refractivity contribution is -0.133. The molecule has 15 heavy (non-hydrogen) atoms. The minimum atomic E-state index is -0.752. The summed E-state index contributed by atoms with van der Waals surface area (Å²) in [5, 5.41) is 13.1. The predicted molar refractivity (Wildman–Crippen MR) is 56.6 cm³/mol. The molecule has 1 amide bonds. The quantitative estimate of drug-likeness (QED) is 0.632. The molecule has 0 aliphatic carbocycles. The van der Waals surface area contributed by atoms with E-state index in [0.29, 0.717) is 32.5 Å². The van der Waals surface area contributed by atoms with Gasteiger partial charge in [0.1, 0.15) is 0 Å². The summed E-state index contributed by atoms with van der Waals surface area (Å²) in [6.45, 7) is 2.20. The van der Waals surface area contributed by atoms with E-state index in [-0.39, 0.29) is 5.91 Å². The molecule has 0 aromatic rings. The molecule has 1 fully saturated rings. The van der Waals surface area contributed by atoms with Gasteiger partial charge in [-0.3, -0.25) is 4.79 Å². The summed E-state index contributed by atoms with van der Waals surface area (Å²) in [5.74, 6) is 0.0113. The minimum Gasteiger partial charge on any atom is -0.387 e. The molecule has 5 nitrogen and oxygen atoms in total. The molecule has 1 unspecified atom stereocenters.